The van der Waals surface area contributed by atoms with E-state index in [-0.39, 0.29) is 6.54 Å². The highest BCUT2D eigenvalue weighted by Gasteiger charge is 2.32. The van der Waals surface area contributed by atoms with E-state index < -0.39 is 17.6 Å². The number of alkyl halides is 3. The van der Waals surface area contributed by atoms with Crippen LogP contribution in [0, 0.1) is 6.92 Å². The molecule has 8 heteroatoms. The normalized spacial score (nSPS) is 11.4. The van der Waals surface area contributed by atoms with Crippen molar-refractivity contribution in [3.8, 4) is 0 Å². The van der Waals surface area contributed by atoms with Crippen molar-refractivity contribution in [2.75, 3.05) is 11.1 Å². The maximum atomic E-state index is 12.4. The van der Waals surface area contributed by atoms with E-state index >= 15 is 0 Å². The number of hydrogen-bond acceptors (Lipinski definition) is 3. The molecule has 2 rings (SSSR count). The molecule has 2 aromatic rings. The number of carbonyl (C=O) groups is 1. The second kappa shape index (κ2) is 5.47. The average molecular weight is 298 g/mol. The molecule has 0 radical (unpaired) electrons. The maximum absolute atomic E-state index is 12.4. The lowest BCUT2D eigenvalue weighted by molar-refractivity contribution is -0.137. The molecular weight excluding hydrogens is 285 g/mol. The Labute approximate surface area is 118 Å². The van der Waals surface area contributed by atoms with Gasteiger partial charge >= 0.3 is 6.18 Å². The van der Waals surface area contributed by atoms with E-state index in [1.165, 1.54) is 0 Å². The van der Waals surface area contributed by atoms with E-state index in [4.69, 9.17) is 5.73 Å². The fourth-order valence-corrected chi connectivity index (χ4v) is 1.78. The van der Waals surface area contributed by atoms with Gasteiger partial charge in [-0.25, -0.2) is 0 Å². The first-order chi connectivity index (χ1) is 9.77. The summed E-state index contributed by atoms with van der Waals surface area (Å²) >= 11 is 0. The highest BCUT2D eigenvalue weighted by atomic mass is 19.4. The zero-order chi connectivity index (χ0) is 15.6. The number of hydrogen-bond donors (Lipinski definition) is 2. The van der Waals surface area contributed by atoms with Gasteiger partial charge in [0.15, 0.2) is 0 Å². The number of carbonyl (C=O) groups excluding carboxylic acids is 1. The highest BCUT2D eigenvalue weighted by Crippen LogP contribution is 2.28. The quantitative estimate of drug-likeness (QED) is 0.855. The van der Waals surface area contributed by atoms with E-state index in [9.17, 15) is 18.0 Å². The van der Waals surface area contributed by atoms with E-state index in [0.717, 1.165) is 16.4 Å². The largest absolute Gasteiger partial charge is 0.419 e. The van der Waals surface area contributed by atoms with Crippen LogP contribution in [0.5, 0.6) is 0 Å². The van der Waals surface area contributed by atoms with Crippen LogP contribution < -0.4 is 11.1 Å². The van der Waals surface area contributed by atoms with Crippen LogP contribution in [0.15, 0.2) is 30.6 Å². The number of halogens is 3. The fourth-order valence-electron chi connectivity index (χ4n) is 1.78. The minimum absolute atomic E-state index is 0.330. The van der Waals surface area contributed by atoms with Gasteiger partial charge < -0.3 is 11.1 Å². The fraction of sp³-hybridized carbons (Fsp3) is 0.231. The van der Waals surface area contributed by atoms with Gasteiger partial charge in [0.1, 0.15) is 6.54 Å². The molecule has 0 saturated heterocycles. The van der Waals surface area contributed by atoms with Gasteiger partial charge in [0.2, 0.25) is 5.91 Å². The number of nitrogen functional groups attached to an aromatic ring is 1. The van der Waals surface area contributed by atoms with Crippen LogP contribution in [-0.2, 0) is 17.5 Å². The summed E-state index contributed by atoms with van der Waals surface area (Å²) in [5, 5.41) is 6.08. The Hall–Kier alpha value is -2.51. The Morgan fingerprint density at radius 3 is 2.71 bits per heavy atom. The first kappa shape index (κ1) is 14.9. The predicted octanol–water partition coefficient (Wildman–Crippen LogP) is 2.43. The summed E-state index contributed by atoms with van der Waals surface area (Å²) in [5.41, 5.74) is 6.44. The Morgan fingerprint density at radius 2 is 2.14 bits per heavy atom. The molecule has 0 saturated carbocycles. The van der Waals surface area contributed by atoms with E-state index in [2.05, 4.69) is 10.4 Å². The van der Waals surface area contributed by atoms with Crippen LogP contribution in [0.2, 0.25) is 0 Å². The van der Waals surface area contributed by atoms with Crippen LogP contribution in [0.1, 0.15) is 11.1 Å². The SMILES string of the molecule is Cc1cccc(N)c1NC(=O)Cn1cc(C(F)(F)F)cn1. The monoisotopic (exact) mass is 298 g/mol. The predicted molar refractivity (Wildman–Crippen MR) is 71.5 cm³/mol. The number of para-hydroxylation sites is 1. The second-order valence-electron chi connectivity index (χ2n) is 4.51. The Kier molecular flexibility index (Phi) is 3.88. The minimum Gasteiger partial charge on any atom is -0.397 e. The third-order valence-electron chi connectivity index (χ3n) is 2.84. The van der Waals surface area contributed by atoms with Gasteiger partial charge in [-0.15, -0.1) is 0 Å². The molecule has 1 heterocycles. The van der Waals surface area contributed by atoms with Gasteiger partial charge in [0.25, 0.3) is 0 Å². The van der Waals surface area contributed by atoms with Crippen molar-refractivity contribution >= 4 is 17.3 Å². The smallest absolute Gasteiger partial charge is 0.397 e. The molecule has 1 amide bonds. The van der Waals surface area contributed by atoms with Crippen molar-refractivity contribution in [2.24, 2.45) is 0 Å². The third-order valence-corrected chi connectivity index (χ3v) is 2.84. The van der Waals surface area contributed by atoms with Crippen molar-refractivity contribution in [3.63, 3.8) is 0 Å². The molecule has 1 aromatic carbocycles. The number of aromatic nitrogens is 2. The van der Waals surface area contributed by atoms with Crippen molar-refractivity contribution in [1.82, 2.24) is 9.78 Å². The summed E-state index contributed by atoms with van der Waals surface area (Å²) in [5.74, 6) is -0.507. The van der Waals surface area contributed by atoms with Crippen LogP contribution in [0.3, 0.4) is 0 Å². The lowest BCUT2D eigenvalue weighted by Gasteiger charge is -2.11. The summed E-state index contributed by atoms with van der Waals surface area (Å²) < 4.78 is 38.2. The number of aryl methyl sites for hydroxylation is 1. The van der Waals surface area contributed by atoms with Gasteiger partial charge in [-0.2, -0.15) is 18.3 Å². The number of benzene rings is 1. The van der Waals surface area contributed by atoms with E-state index in [1.807, 2.05) is 0 Å². The Morgan fingerprint density at radius 1 is 1.43 bits per heavy atom. The molecule has 0 atom stereocenters. The van der Waals surface area contributed by atoms with Crippen LogP contribution in [0.25, 0.3) is 0 Å². The van der Waals surface area contributed by atoms with Gasteiger partial charge in [-0.3, -0.25) is 9.48 Å². The van der Waals surface area contributed by atoms with Gasteiger partial charge in [-0.05, 0) is 18.6 Å². The average Bonchev–Trinajstić information content (AvgIpc) is 2.82. The Bertz CT molecular complexity index is 643. The number of amides is 1. The standard InChI is InChI=1S/C13H13F3N4O/c1-8-3-2-4-10(17)12(8)19-11(21)7-20-6-9(5-18-20)13(14,15)16/h2-6H,7,17H2,1H3,(H,19,21). The van der Waals surface area contributed by atoms with Gasteiger partial charge in [-0.1, -0.05) is 12.1 Å². The van der Waals surface area contributed by atoms with Gasteiger partial charge in [0.05, 0.1) is 23.1 Å². The number of nitrogens with zero attached hydrogens (tertiary/aromatic N) is 2. The number of nitrogens with one attached hydrogen (secondary N) is 1. The first-order valence-electron chi connectivity index (χ1n) is 6.02. The Balaban J connectivity index is 2.07. The third kappa shape index (κ3) is 3.53. The molecule has 0 spiro atoms. The summed E-state index contributed by atoms with van der Waals surface area (Å²) in [6.45, 7) is 1.44. The lowest BCUT2D eigenvalue weighted by atomic mass is 10.1. The molecule has 0 fully saturated rings. The summed E-state index contributed by atoms with van der Waals surface area (Å²) in [7, 11) is 0. The van der Waals surface area contributed by atoms with Crippen LogP contribution >= 0.6 is 0 Å². The van der Waals surface area contributed by atoms with E-state index in [1.54, 1.807) is 25.1 Å². The van der Waals surface area contributed by atoms with Crippen LogP contribution in [-0.4, -0.2) is 15.7 Å². The number of anilines is 2. The van der Waals surface area contributed by atoms with Gasteiger partial charge in [0, 0.05) is 6.20 Å². The summed E-state index contributed by atoms with van der Waals surface area (Å²) in [6, 6.07) is 5.13. The van der Waals surface area contributed by atoms with Crippen molar-refractivity contribution in [1.29, 1.82) is 0 Å². The number of rotatable bonds is 3. The van der Waals surface area contributed by atoms with Crippen LogP contribution in [0.4, 0.5) is 24.5 Å². The molecule has 0 aliphatic carbocycles. The zero-order valence-corrected chi connectivity index (χ0v) is 11.1. The first-order valence-corrected chi connectivity index (χ1v) is 6.02. The minimum atomic E-state index is -4.48. The molecule has 5 nitrogen and oxygen atoms in total. The molecular formula is C13H13F3N4O. The molecule has 0 unspecified atom stereocenters. The van der Waals surface area contributed by atoms with Crippen molar-refractivity contribution in [3.05, 3.63) is 41.7 Å². The molecule has 1 aromatic heterocycles. The number of nitrogens with two attached hydrogens (primary N) is 1. The molecule has 0 aliphatic heterocycles. The maximum Gasteiger partial charge on any atom is 0.419 e. The van der Waals surface area contributed by atoms with Crippen molar-refractivity contribution in [2.45, 2.75) is 19.6 Å². The lowest BCUT2D eigenvalue weighted by Crippen LogP contribution is -2.20. The molecule has 0 aliphatic rings. The highest BCUT2D eigenvalue weighted by molar-refractivity contribution is 5.94. The zero-order valence-electron chi connectivity index (χ0n) is 11.1. The summed E-state index contributed by atoms with van der Waals surface area (Å²) in [4.78, 5) is 11.8. The molecule has 112 valence electrons. The molecule has 3 N–H and O–H groups in total. The van der Waals surface area contributed by atoms with E-state index in [0.29, 0.717) is 17.6 Å². The molecule has 21 heavy (non-hydrogen) atoms. The topological polar surface area (TPSA) is 72.9 Å². The molecule has 0 bridgehead atoms. The van der Waals surface area contributed by atoms with Crippen molar-refractivity contribution < 1.29 is 18.0 Å². The second-order valence-corrected chi connectivity index (χ2v) is 4.51. The summed E-state index contributed by atoms with van der Waals surface area (Å²) in [6.07, 6.45) is -3.02.